The number of hydrogen-bond donors (Lipinski definition) is 0. The second-order valence-electron chi connectivity index (χ2n) is 3.36. The largest absolute Gasteiger partial charge is 0.466 e. The van der Waals surface area contributed by atoms with Gasteiger partial charge >= 0.3 is 5.97 Å². The number of carbonyl (C=O) groups is 1. The number of esters is 1. The highest BCUT2D eigenvalue weighted by Crippen LogP contribution is 2.26. The van der Waals surface area contributed by atoms with Gasteiger partial charge in [-0.3, -0.25) is 4.79 Å². The van der Waals surface area contributed by atoms with E-state index < -0.39 is 5.79 Å². The highest BCUT2D eigenvalue weighted by atomic mass is 16.7. The minimum atomic E-state index is -0.786. The predicted octanol–water partition coefficient (Wildman–Crippen LogP) is 1.09. The maximum Gasteiger partial charge on any atom is 0.311 e. The van der Waals surface area contributed by atoms with Crippen molar-refractivity contribution in [2.24, 2.45) is 0 Å². The van der Waals surface area contributed by atoms with Gasteiger partial charge in [-0.15, -0.1) is 0 Å². The minimum Gasteiger partial charge on any atom is -0.466 e. The Morgan fingerprint density at radius 3 is 2.85 bits per heavy atom. The molecule has 0 aliphatic carbocycles. The van der Waals surface area contributed by atoms with Crippen molar-refractivity contribution in [2.75, 3.05) is 13.2 Å². The fourth-order valence-corrected chi connectivity index (χ4v) is 1.35. The zero-order valence-corrected chi connectivity index (χ0v) is 8.33. The van der Waals surface area contributed by atoms with E-state index in [1.165, 1.54) is 0 Å². The van der Waals surface area contributed by atoms with Crippen LogP contribution in [0, 0.1) is 0 Å². The van der Waals surface area contributed by atoms with Crippen molar-refractivity contribution in [3.63, 3.8) is 0 Å². The molecule has 0 aromatic carbocycles. The van der Waals surface area contributed by atoms with Crippen LogP contribution >= 0.6 is 0 Å². The molecule has 4 nitrogen and oxygen atoms in total. The fraction of sp³-hybridized carbons (Fsp3) is 0.889. The van der Waals surface area contributed by atoms with Crippen molar-refractivity contribution >= 4 is 5.97 Å². The molecule has 0 radical (unpaired) electrons. The highest BCUT2D eigenvalue weighted by molar-refractivity contribution is 5.70. The summed E-state index contributed by atoms with van der Waals surface area (Å²) >= 11 is 0. The molecule has 0 N–H and O–H groups in total. The van der Waals surface area contributed by atoms with E-state index in [-0.39, 0.29) is 18.5 Å². The minimum absolute atomic E-state index is 0.0550. The van der Waals surface area contributed by atoms with Crippen molar-refractivity contribution in [1.29, 1.82) is 0 Å². The van der Waals surface area contributed by atoms with E-state index in [0.29, 0.717) is 13.2 Å². The third-order valence-electron chi connectivity index (χ3n) is 1.84. The average molecular weight is 188 g/mol. The van der Waals surface area contributed by atoms with Crippen LogP contribution in [0.1, 0.15) is 27.2 Å². The van der Waals surface area contributed by atoms with E-state index in [1.54, 1.807) is 13.8 Å². The average Bonchev–Trinajstić information content (AvgIpc) is 2.30. The Balaban J connectivity index is 2.39. The lowest BCUT2D eigenvalue weighted by molar-refractivity contribution is -0.178. The number of rotatable bonds is 3. The van der Waals surface area contributed by atoms with Crippen LogP contribution < -0.4 is 0 Å². The smallest absolute Gasteiger partial charge is 0.311 e. The van der Waals surface area contributed by atoms with Gasteiger partial charge in [0.2, 0.25) is 0 Å². The molecule has 2 atom stereocenters. The molecule has 1 fully saturated rings. The molecule has 76 valence electrons. The Bertz CT molecular complexity index is 192. The Morgan fingerprint density at radius 1 is 1.69 bits per heavy atom. The van der Waals surface area contributed by atoms with Crippen molar-refractivity contribution in [3.8, 4) is 0 Å². The number of ether oxygens (including phenoxy) is 3. The van der Waals surface area contributed by atoms with Crippen LogP contribution in [0.25, 0.3) is 0 Å². The van der Waals surface area contributed by atoms with Gasteiger partial charge in [-0.05, 0) is 20.8 Å². The van der Waals surface area contributed by atoms with E-state index in [0.717, 1.165) is 0 Å². The Morgan fingerprint density at radius 2 is 2.38 bits per heavy atom. The summed E-state index contributed by atoms with van der Waals surface area (Å²) in [5.41, 5.74) is 0. The maximum absolute atomic E-state index is 11.1. The molecule has 1 aliphatic rings. The first-order valence-corrected chi connectivity index (χ1v) is 4.53. The summed E-state index contributed by atoms with van der Waals surface area (Å²) < 4.78 is 15.6. The van der Waals surface area contributed by atoms with Gasteiger partial charge in [0.05, 0.1) is 25.7 Å². The molecule has 0 unspecified atom stereocenters. The van der Waals surface area contributed by atoms with Crippen molar-refractivity contribution in [1.82, 2.24) is 0 Å². The summed E-state index contributed by atoms with van der Waals surface area (Å²) in [4.78, 5) is 11.1. The molecule has 1 rings (SSSR count). The second-order valence-corrected chi connectivity index (χ2v) is 3.36. The van der Waals surface area contributed by atoms with Gasteiger partial charge in [-0.1, -0.05) is 0 Å². The summed E-state index contributed by atoms with van der Waals surface area (Å²) in [7, 11) is 0. The molecule has 0 amide bonds. The molecule has 0 saturated carbocycles. The molecule has 0 aromatic heterocycles. The van der Waals surface area contributed by atoms with Crippen LogP contribution in [0.3, 0.4) is 0 Å². The van der Waals surface area contributed by atoms with Crippen molar-refractivity contribution in [2.45, 2.75) is 39.1 Å². The van der Waals surface area contributed by atoms with Gasteiger partial charge in [0.25, 0.3) is 0 Å². The highest BCUT2D eigenvalue weighted by Gasteiger charge is 2.37. The number of hydrogen-bond acceptors (Lipinski definition) is 4. The quantitative estimate of drug-likeness (QED) is 0.622. The first kappa shape index (κ1) is 10.5. The lowest BCUT2D eigenvalue weighted by Crippen LogP contribution is -2.30. The van der Waals surface area contributed by atoms with Gasteiger partial charge in [-0.2, -0.15) is 0 Å². The molecule has 13 heavy (non-hydrogen) atoms. The number of carbonyl (C=O) groups excluding carboxylic acids is 1. The molecule has 0 bridgehead atoms. The van der Waals surface area contributed by atoms with E-state index >= 15 is 0 Å². The molecule has 1 aliphatic heterocycles. The van der Waals surface area contributed by atoms with Gasteiger partial charge in [-0.25, -0.2) is 0 Å². The Hall–Kier alpha value is -0.610. The Labute approximate surface area is 78.2 Å². The van der Waals surface area contributed by atoms with Crippen LogP contribution in [0.4, 0.5) is 0 Å². The SMILES string of the molecule is CCOC(=O)C[C@@]1(C)OC[C@@H](C)O1. The van der Waals surface area contributed by atoms with Gasteiger partial charge in [0.1, 0.15) is 0 Å². The zero-order chi connectivity index (χ0) is 9.90. The molecule has 0 aromatic rings. The summed E-state index contributed by atoms with van der Waals surface area (Å²) in [5, 5.41) is 0. The predicted molar refractivity (Wildman–Crippen MR) is 46.2 cm³/mol. The third kappa shape index (κ3) is 2.97. The third-order valence-corrected chi connectivity index (χ3v) is 1.84. The zero-order valence-electron chi connectivity index (χ0n) is 8.33. The molecular weight excluding hydrogens is 172 g/mol. The lowest BCUT2D eigenvalue weighted by Gasteiger charge is -2.21. The molecule has 0 spiro atoms. The van der Waals surface area contributed by atoms with Gasteiger partial charge in [0.15, 0.2) is 5.79 Å². The standard InChI is InChI=1S/C9H16O4/c1-4-11-8(10)5-9(3)12-6-7(2)13-9/h7H,4-6H2,1-3H3/t7-,9+/m1/s1. The first-order chi connectivity index (χ1) is 6.06. The summed E-state index contributed by atoms with van der Waals surface area (Å²) in [6.45, 7) is 6.38. The van der Waals surface area contributed by atoms with Gasteiger partial charge in [0, 0.05) is 0 Å². The molecule has 1 saturated heterocycles. The van der Waals surface area contributed by atoms with E-state index in [2.05, 4.69) is 0 Å². The van der Waals surface area contributed by atoms with Crippen LogP contribution in [0.15, 0.2) is 0 Å². The van der Waals surface area contributed by atoms with E-state index in [4.69, 9.17) is 14.2 Å². The lowest BCUT2D eigenvalue weighted by atomic mass is 10.2. The van der Waals surface area contributed by atoms with Crippen LogP contribution in [-0.4, -0.2) is 31.1 Å². The second kappa shape index (κ2) is 4.07. The van der Waals surface area contributed by atoms with Crippen LogP contribution in [-0.2, 0) is 19.0 Å². The summed E-state index contributed by atoms with van der Waals surface area (Å²) in [6.07, 6.45) is 0.213. The summed E-state index contributed by atoms with van der Waals surface area (Å²) in [5.74, 6) is -1.06. The van der Waals surface area contributed by atoms with Gasteiger partial charge < -0.3 is 14.2 Å². The van der Waals surface area contributed by atoms with Crippen molar-refractivity contribution < 1.29 is 19.0 Å². The van der Waals surface area contributed by atoms with Crippen LogP contribution in [0.2, 0.25) is 0 Å². The van der Waals surface area contributed by atoms with Crippen molar-refractivity contribution in [3.05, 3.63) is 0 Å². The molecule has 1 heterocycles. The fourth-order valence-electron chi connectivity index (χ4n) is 1.35. The molecule has 4 heteroatoms. The van der Waals surface area contributed by atoms with E-state index in [1.807, 2.05) is 6.92 Å². The molecular formula is C9H16O4. The Kier molecular flexibility index (Phi) is 3.27. The maximum atomic E-state index is 11.1. The first-order valence-electron chi connectivity index (χ1n) is 4.53. The van der Waals surface area contributed by atoms with E-state index in [9.17, 15) is 4.79 Å². The summed E-state index contributed by atoms with van der Waals surface area (Å²) in [6, 6.07) is 0. The topological polar surface area (TPSA) is 44.8 Å². The monoisotopic (exact) mass is 188 g/mol. The normalized spacial score (nSPS) is 33.3. The van der Waals surface area contributed by atoms with Crippen LogP contribution in [0.5, 0.6) is 0 Å².